The summed E-state index contributed by atoms with van der Waals surface area (Å²) in [5.74, 6) is -1.60. The third kappa shape index (κ3) is 4.77. The monoisotopic (exact) mass is 506 g/mol. The second-order valence-electron chi connectivity index (χ2n) is 6.59. The number of amides is 2. The van der Waals surface area contributed by atoms with E-state index < -0.39 is 29.2 Å². The van der Waals surface area contributed by atoms with Crippen LogP contribution in [0.5, 0.6) is 0 Å². The van der Waals surface area contributed by atoms with Gasteiger partial charge >= 0.3 is 29.6 Å². The van der Waals surface area contributed by atoms with Crippen molar-refractivity contribution in [2.75, 3.05) is 11.5 Å². The SMILES string of the molecule is Cc1nnc(SCC2=C(C(=O)[O-])N3C(=O)C(NC(=O)Cc4csc(=N)n4O)[C@@H]3SC2)o1.[Na+]. The Bertz CT molecular complexity index is 1160. The first-order valence-corrected chi connectivity index (χ1v) is 11.7. The number of carboxylic acid groups (broad SMARTS) is 1. The van der Waals surface area contributed by atoms with Crippen LogP contribution < -0.4 is 44.8 Å². The van der Waals surface area contributed by atoms with Gasteiger partial charge in [0.15, 0.2) is 0 Å². The van der Waals surface area contributed by atoms with Crippen molar-refractivity contribution < 1.29 is 58.7 Å². The number of aryl methyl sites for hydroxylation is 1. The largest absolute Gasteiger partial charge is 1.00 e. The van der Waals surface area contributed by atoms with E-state index >= 15 is 0 Å². The van der Waals surface area contributed by atoms with Gasteiger partial charge in [0.2, 0.25) is 16.6 Å². The number of carboxylic acids is 1. The Kier molecular flexibility index (Phi) is 7.77. The third-order valence-electron chi connectivity index (χ3n) is 4.55. The molecule has 2 amide bonds. The van der Waals surface area contributed by atoms with Gasteiger partial charge in [-0.3, -0.25) is 19.9 Å². The molecule has 1 saturated heterocycles. The molecule has 0 aliphatic carbocycles. The summed E-state index contributed by atoms with van der Waals surface area (Å²) >= 11 is 3.46. The molecule has 2 aromatic heterocycles. The third-order valence-corrected chi connectivity index (χ3v) is 7.58. The van der Waals surface area contributed by atoms with Gasteiger partial charge in [-0.15, -0.1) is 33.3 Å². The molecule has 3 N–H and O–H groups in total. The molecule has 0 radical (unpaired) electrons. The summed E-state index contributed by atoms with van der Waals surface area (Å²) < 4.78 is 5.86. The van der Waals surface area contributed by atoms with Crippen LogP contribution in [0.1, 0.15) is 11.6 Å². The van der Waals surface area contributed by atoms with Crippen LogP contribution in [-0.2, 0) is 20.8 Å². The number of hydrogen-bond donors (Lipinski definition) is 3. The predicted octanol–water partition coefficient (Wildman–Crippen LogP) is -4.30. The Morgan fingerprint density at radius 3 is 2.81 bits per heavy atom. The maximum absolute atomic E-state index is 12.6. The average Bonchev–Trinajstić information content (AvgIpc) is 3.29. The van der Waals surface area contributed by atoms with E-state index in [0.717, 1.165) is 28.0 Å². The van der Waals surface area contributed by atoms with Gasteiger partial charge in [0.1, 0.15) is 11.4 Å². The second-order valence-corrected chi connectivity index (χ2v) is 9.48. The van der Waals surface area contributed by atoms with Crippen molar-refractivity contribution in [3.63, 3.8) is 0 Å². The first-order chi connectivity index (χ1) is 14.8. The second kappa shape index (κ2) is 10.0. The molecule has 16 heteroatoms. The van der Waals surface area contributed by atoms with Crippen LogP contribution in [0.3, 0.4) is 0 Å². The van der Waals surface area contributed by atoms with Crippen LogP contribution in [0.15, 0.2) is 26.3 Å². The molecular weight excluding hydrogens is 491 g/mol. The molecule has 2 aromatic rings. The molecule has 2 aliphatic heterocycles. The van der Waals surface area contributed by atoms with E-state index in [2.05, 4.69) is 15.5 Å². The first-order valence-electron chi connectivity index (χ1n) is 8.80. The molecule has 1 fully saturated rings. The van der Waals surface area contributed by atoms with Gasteiger partial charge in [0, 0.05) is 23.8 Å². The zero-order valence-corrected chi connectivity index (χ0v) is 21.3. The number of hydrogen-bond acceptors (Lipinski definition) is 12. The number of fused-ring (bicyclic) bond motifs is 1. The van der Waals surface area contributed by atoms with Crippen LogP contribution in [0.25, 0.3) is 0 Å². The molecule has 0 saturated carbocycles. The summed E-state index contributed by atoms with van der Waals surface area (Å²) in [6.07, 6.45) is -0.221. The average molecular weight is 507 g/mol. The Morgan fingerprint density at radius 2 is 2.22 bits per heavy atom. The van der Waals surface area contributed by atoms with Gasteiger partial charge in [-0.1, -0.05) is 11.8 Å². The summed E-state index contributed by atoms with van der Waals surface area (Å²) in [5.41, 5.74) is 0.508. The summed E-state index contributed by atoms with van der Waals surface area (Å²) in [4.78, 5) is 37.7. The molecule has 0 aromatic carbocycles. The molecule has 164 valence electrons. The Morgan fingerprint density at radius 1 is 1.47 bits per heavy atom. The van der Waals surface area contributed by atoms with Crippen molar-refractivity contribution in [3.8, 4) is 0 Å². The Balaban J connectivity index is 0.00000289. The molecule has 4 heterocycles. The summed E-state index contributed by atoms with van der Waals surface area (Å²) in [6.45, 7) is 1.64. The fourth-order valence-corrected chi connectivity index (χ4v) is 6.07. The topological polar surface area (TPSA) is 177 Å². The minimum Gasteiger partial charge on any atom is -0.543 e. The molecule has 0 bridgehead atoms. The van der Waals surface area contributed by atoms with E-state index in [1.165, 1.54) is 17.1 Å². The Hall–Kier alpha value is -1.78. The maximum atomic E-state index is 12.6. The van der Waals surface area contributed by atoms with Gasteiger partial charge in [-0.2, -0.15) is 4.73 Å². The van der Waals surface area contributed by atoms with E-state index in [1.54, 1.807) is 6.92 Å². The normalized spacial score (nSPS) is 19.8. The first kappa shape index (κ1) is 24.9. The number of nitrogens with one attached hydrogen (secondary N) is 2. The van der Waals surface area contributed by atoms with Crippen molar-refractivity contribution >= 4 is 52.6 Å². The van der Waals surface area contributed by atoms with Crippen molar-refractivity contribution in [1.29, 1.82) is 5.41 Å². The smallest absolute Gasteiger partial charge is 0.543 e. The number of β-lactam (4-membered cyclic amide) rings is 1. The molecule has 1 unspecified atom stereocenters. The molecule has 32 heavy (non-hydrogen) atoms. The number of nitrogens with zero attached hydrogens (tertiary/aromatic N) is 4. The number of aliphatic carboxylic acids is 1. The minimum atomic E-state index is -1.47. The van der Waals surface area contributed by atoms with Crippen LogP contribution in [-0.4, -0.2) is 65.7 Å². The standard InChI is InChI=1S/C16H16N6O6S3.Na/c1-6-19-20-16(28-6)31-4-7-3-29-13-10(12(24)21(13)11(7)14(25)26)18-9(23)2-8-5-30-15(17)22(8)27;/h5,10,13,17,27H,2-4H2,1H3,(H,18,23)(H,25,26);/q;+1/p-1/t10?,13-;/m0./s1. The molecule has 2 atom stereocenters. The Labute approximate surface area is 215 Å². The van der Waals surface area contributed by atoms with Crippen molar-refractivity contribution in [2.45, 2.75) is 30.0 Å². The summed E-state index contributed by atoms with van der Waals surface area (Å²) in [5, 5.41) is 40.2. The fraction of sp³-hybridized carbons (Fsp3) is 0.375. The van der Waals surface area contributed by atoms with Gasteiger partial charge < -0.3 is 24.8 Å². The molecule has 0 spiro atoms. The van der Waals surface area contributed by atoms with Crippen LogP contribution in [0.2, 0.25) is 0 Å². The molecule has 2 aliphatic rings. The van der Waals surface area contributed by atoms with Gasteiger partial charge in [-0.25, -0.2) is 0 Å². The van der Waals surface area contributed by atoms with E-state index in [4.69, 9.17) is 9.83 Å². The van der Waals surface area contributed by atoms with E-state index in [0.29, 0.717) is 27.2 Å². The van der Waals surface area contributed by atoms with Crippen LogP contribution in [0, 0.1) is 12.3 Å². The zero-order valence-electron chi connectivity index (χ0n) is 16.9. The van der Waals surface area contributed by atoms with Crippen LogP contribution in [0.4, 0.5) is 0 Å². The number of thioether (sulfide) groups is 2. The van der Waals surface area contributed by atoms with E-state index in [9.17, 15) is 24.7 Å². The number of carbonyl (C=O) groups is 3. The molecular formula is C16H15N6NaO6S3. The summed E-state index contributed by atoms with van der Waals surface area (Å²) in [7, 11) is 0. The molecule has 4 rings (SSSR count). The van der Waals surface area contributed by atoms with E-state index in [-0.39, 0.29) is 57.9 Å². The zero-order chi connectivity index (χ0) is 22.3. The maximum Gasteiger partial charge on any atom is 1.00 e. The number of thiazole rings is 1. The van der Waals surface area contributed by atoms with Gasteiger partial charge in [0.25, 0.3) is 11.1 Å². The number of carbonyl (C=O) groups excluding carboxylic acids is 3. The molecule has 12 nitrogen and oxygen atoms in total. The van der Waals surface area contributed by atoms with Crippen molar-refractivity contribution in [3.05, 3.63) is 33.0 Å². The van der Waals surface area contributed by atoms with E-state index in [1.807, 2.05) is 0 Å². The van der Waals surface area contributed by atoms with Crippen molar-refractivity contribution in [1.82, 2.24) is 25.1 Å². The predicted molar refractivity (Wildman–Crippen MR) is 106 cm³/mol. The number of rotatable bonds is 7. The number of aromatic nitrogens is 3. The summed E-state index contributed by atoms with van der Waals surface area (Å²) in [6, 6.07) is -0.888. The van der Waals surface area contributed by atoms with Crippen LogP contribution >= 0.6 is 34.9 Å². The van der Waals surface area contributed by atoms with Gasteiger partial charge in [-0.05, 0) is 5.57 Å². The quantitative estimate of drug-likeness (QED) is 0.144. The van der Waals surface area contributed by atoms with Gasteiger partial charge in [0.05, 0.1) is 23.8 Å². The van der Waals surface area contributed by atoms with Crippen molar-refractivity contribution in [2.24, 2.45) is 0 Å². The minimum absolute atomic E-state index is 0. The fourth-order valence-electron chi connectivity index (χ4n) is 3.13.